The van der Waals surface area contributed by atoms with Crippen LogP contribution in [0, 0.1) is 23.7 Å². The average molecular weight is 600 g/mol. The molecule has 1 aromatic rings. The summed E-state index contributed by atoms with van der Waals surface area (Å²) in [6.45, 7) is 1.14. The highest BCUT2D eigenvalue weighted by Crippen LogP contribution is 2.60. The summed E-state index contributed by atoms with van der Waals surface area (Å²) in [6.07, 6.45) is 1.52. The van der Waals surface area contributed by atoms with Gasteiger partial charge >= 0.3 is 11.9 Å². The number of nitrogens with zero attached hydrogens (tertiary/aromatic N) is 1. The Balaban J connectivity index is 1.25. The highest BCUT2D eigenvalue weighted by Gasteiger charge is 2.66. The second-order valence-corrected chi connectivity index (χ2v) is 10.8. The number of halogens is 2. The van der Waals surface area contributed by atoms with Crippen molar-refractivity contribution in [1.82, 2.24) is 4.90 Å². The Bertz CT molecular complexity index is 983. The maximum atomic E-state index is 12.8. The van der Waals surface area contributed by atoms with E-state index in [1.807, 2.05) is 6.92 Å². The number of alkyl halides is 2. The van der Waals surface area contributed by atoms with Crippen molar-refractivity contribution in [3.8, 4) is 0 Å². The van der Waals surface area contributed by atoms with Gasteiger partial charge in [-0.25, -0.2) is 4.79 Å². The third kappa shape index (κ3) is 4.64. The molecule has 182 valence electrons. The minimum atomic E-state index is -0.830. The van der Waals surface area contributed by atoms with Crippen LogP contribution < -0.4 is 5.32 Å². The molecule has 3 fully saturated rings. The molecule has 6 atom stereocenters. The minimum Gasteiger partial charge on any atom is -0.462 e. The van der Waals surface area contributed by atoms with Crippen molar-refractivity contribution in [2.75, 3.05) is 25.1 Å². The van der Waals surface area contributed by atoms with Gasteiger partial charge in [-0.05, 0) is 48.9 Å². The maximum Gasteiger partial charge on any atom is 0.338 e. The number of carbonyl (C=O) groups excluding carboxylic acids is 5. The molecule has 1 N–H and O–H groups in total. The fourth-order valence-corrected chi connectivity index (χ4v) is 6.93. The van der Waals surface area contributed by atoms with Gasteiger partial charge in [0.15, 0.2) is 6.61 Å². The van der Waals surface area contributed by atoms with Crippen LogP contribution in [-0.2, 0) is 28.7 Å². The van der Waals surface area contributed by atoms with E-state index in [4.69, 9.17) is 9.47 Å². The number of amides is 3. The second-order valence-electron chi connectivity index (χ2n) is 8.69. The SMILES string of the molecule is CCCOC(=O)c1ccc(NC(=O)COC(=O)CN2C(=O)[C@@H]3[C@H]4C[C@@H]([C@H](Br)[C@H]4Br)[C@@H]3C2=O)cc1. The normalized spacial score (nSPS) is 29.2. The van der Waals surface area contributed by atoms with Crippen molar-refractivity contribution in [2.24, 2.45) is 23.7 Å². The Morgan fingerprint density at radius 2 is 1.59 bits per heavy atom. The molecule has 1 aromatic carbocycles. The number of likely N-dealkylation sites (tertiary alicyclic amines) is 1. The summed E-state index contributed by atoms with van der Waals surface area (Å²) in [6, 6.07) is 6.10. The van der Waals surface area contributed by atoms with Crippen molar-refractivity contribution in [1.29, 1.82) is 0 Å². The largest absolute Gasteiger partial charge is 0.462 e. The quantitative estimate of drug-likeness (QED) is 0.277. The molecule has 2 aliphatic carbocycles. The molecule has 34 heavy (non-hydrogen) atoms. The van der Waals surface area contributed by atoms with Crippen LogP contribution >= 0.6 is 31.9 Å². The van der Waals surface area contributed by atoms with Crippen LogP contribution in [0.3, 0.4) is 0 Å². The first kappa shape index (κ1) is 24.8. The van der Waals surface area contributed by atoms with Crippen LogP contribution in [0.4, 0.5) is 5.69 Å². The van der Waals surface area contributed by atoms with Crippen molar-refractivity contribution < 1.29 is 33.4 Å². The van der Waals surface area contributed by atoms with Crippen LogP contribution in [-0.4, -0.2) is 64.0 Å². The zero-order valence-corrected chi connectivity index (χ0v) is 21.5. The van der Waals surface area contributed by atoms with E-state index in [1.54, 1.807) is 0 Å². The topological polar surface area (TPSA) is 119 Å². The summed E-state index contributed by atoms with van der Waals surface area (Å²) in [7, 11) is 0. The third-order valence-electron chi connectivity index (χ3n) is 6.57. The van der Waals surface area contributed by atoms with Crippen molar-refractivity contribution >= 4 is 67.2 Å². The van der Waals surface area contributed by atoms with Gasteiger partial charge in [0.05, 0.1) is 24.0 Å². The molecule has 0 spiro atoms. The van der Waals surface area contributed by atoms with Gasteiger partial charge < -0.3 is 14.8 Å². The van der Waals surface area contributed by atoms with Gasteiger partial charge in [0, 0.05) is 15.3 Å². The Morgan fingerprint density at radius 1 is 1.00 bits per heavy atom. The first-order valence-corrected chi connectivity index (χ1v) is 12.9. The molecule has 2 bridgehead atoms. The molecule has 1 heterocycles. The van der Waals surface area contributed by atoms with Gasteiger partial charge in [-0.1, -0.05) is 38.8 Å². The van der Waals surface area contributed by atoms with Crippen molar-refractivity contribution in [3.05, 3.63) is 29.8 Å². The Morgan fingerprint density at radius 3 is 2.15 bits per heavy atom. The number of hydrogen-bond donors (Lipinski definition) is 1. The Kier molecular flexibility index (Phi) is 7.42. The maximum absolute atomic E-state index is 12.8. The third-order valence-corrected chi connectivity index (χ3v) is 9.78. The molecule has 4 rings (SSSR count). The summed E-state index contributed by atoms with van der Waals surface area (Å²) < 4.78 is 10.0. The molecule has 0 unspecified atom stereocenters. The number of anilines is 1. The van der Waals surface area contributed by atoms with E-state index >= 15 is 0 Å². The fraction of sp³-hybridized carbons (Fsp3) is 0.522. The number of rotatable bonds is 8. The number of carbonyl (C=O) groups is 5. The smallest absolute Gasteiger partial charge is 0.338 e. The summed E-state index contributed by atoms with van der Waals surface area (Å²) in [5.41, 5.74) is 0.767. The first-order chi connectivity index (χ1) is 16.2. The molecule has 2 saturated carbocycles. The summed E-state index contributed by atoms with van der Waals surface area (Å²) in [5, 5.41) is 2.55. The predicted octanol–water partition coefficient (Wildman–Crippen LogP) is 2.51. The standard InChI is InChI=1S/C23H24Br2N2O7/c1-2-7-33-23(32)11-3-5-12(6-4-11)26-15(28)10-34-16(29)9-27-21(30)17-13-8-14(18(17)22(27)31)20(25)19(13)24/h3-6,13-14,17-20H,2,7-10H2,1H3,(H,26,28)/t13-,14-,17-,18+,19+,20+/m1/s1. The van der Waals surface area contributed by atoms with Crippen LogP contribution in [0.25, 0.3) is 0 Å². The molecule has 3 amide bonds. The lowest BCUT2D eigenvalue weighted by molar-refractivity contribution is -0.154. The van der Waals surface area contributed by atoms with E-state index in [2.05, 4.69) is 37.2 Å². The van der Waals surface area contributed by atoms with Gasteiger partial charge in [0.25, 0.3) is 5.91 Å². The van der Waals surface area contributed by atoms with Crippen LogP contribution in [0.1, 0.15) is 30.1 Å². The molecular formula is C23H24Br2N2O7. The number of imide groups is 1. The number of nitrogens with one attached hydrogen (secondary N) is 1. The van der Waals surface area contributed by atoms with Gasteiger partial charge in [0.1, 0.15) is 6.54 Å². The lowest BCUT2D eigenvalue weighted by Gasteiger charge is -2.28. The van der Waals surface area contributed by atoms with Gasteiger partial charge in [0.2, 0.25) is 11.8 Å². The van der Waals surface area contributed by atoms with Crippen LogP contribution in [0.2, 0.25) is 0 Å². The minimum absolute atomic E-state index is 0.0579. The zero-order chi connectivity index (χ0) is 24.6. The first-order valence-electron chi connectivity index (χ1n) is 11.1. The summed E-state index contributed by atoms with van der Waals surface area (Å²) in [5.74, 6) is -3.25. The van der Waals surface area contributed by atoms with E-state index in [-0.39, 0.29) is 33.3 Å². The lowest BCUT2D eigenvalue weighted by Crippen LogP contribution is -2.38. The van der Waals surface area contributed by atoms with Gasteiger partial charge in [-0.2, -0.15) is 0 Å². The number of fused-ring (bicyclic) bond motifs is 5. The molecule has 1 saturated heterocycles. The number of esters is 2. The average Bonchev–Trinajstić information content (AvgIpc) is 3.43. The second kappa shape index (κ2) is 10.2. The molecule has 3 aliphatic rings. The molecular weight excluding hydrogens is 576 g/mol. The Labute approximate surface area is 213 Å². The van der Waals surface area contributed by atoms with Crippen LogP contribution in [0.5, 0.6) is 0 Å². The Hall–Kier alpha value is -2.27. The summed E-state index contributed by atoms with van der Waals surface area (Å²) in [4.78, 5) is 63.1. The van der Waals surface area contributed by atoms with Crippen molar-refractivity contribution in [2.45, 2.75) is 29.4 Å². The van der Waals surface area contributed by atoms with E-state index in [9.17, 15) is 24.0 Å². The highest BCUT2D eigenvalue weighted by atomic mass is 79.9. The number of hydrogen-bond acceptors (Lipinski definition) is 7. The van der Waals surface area contributed by atoms with Crippen molar-refractivity contribution in [3.63, 3.8) is 0 Å². The number of ether oxygens (including phenoxy) is 2. The van der Waals surface area contributed by atoms with Crippen LogP contribution in [0.15, 0.2) is 24.3 Å². The van der Waals surface area contributed by atoms with E-state index in [0.717, 1.165) is 17.7 Å². The predicted molar refractivity (Wildman–Crippen MR) is 127 cm³/mol. The van der Waals surface area contributed by atoms with Gasteiger partial charge in [-0.15, -0.1) is 0 Å². The molecule has 9 nitrogen and oxygen atoms in total. The molecule has 0 aromatic heterocycles. The number of benzene rings is 1. The molecule has 0 radical (unpaired) electrons. The fourth-order valence-electron chi connectivity index (χ4n) is 5.05. The zero-order valence-electron chi connectivity index (χ0n) is 18.4. The monoisotopic (exact) mass is 598 g/mol. The van der Waals surface area contributed by atoms with E-state index < -0.39 is 42.8 Å². The van der Waals surface area contributed by atoms with E-state index in [1.165, 1.54) is 24.3 Å². The van der Waals surface area contributed by atoms with E-state index in [0.29, 0.717) is 17.9 Å². The molecule has 11 heteroatoms. The highest BCUT2D eigenvalue weighted by molar-refractivity contribution is 9.12. The summed E-state index contributed by atoms with van der Waals surface area (Å²) >= 11 is 7.23. The van der Waals surface area contributed by atoms with Gasteiger partial charge in [-0.3, -0.25) is 24.1 Å². The molecule has 1 aliphatic heterocycles. The lowest BCUT2D eigenvalue weighted by atomic mass is 9.81.